The third-order valence-corrected chi connectivity index (χ3v) is 3.28. The molecular formula is C10H9BrClFO2. The van der Waals surface area contributed by atoms with Gasteiger partial charge in [-0.05, 0) is 35.0 Å². The summed E-state index contributed by atoms with van der Waals surface area (Å²) in [5.41, 5.74) is -0.0578. The molecule has 82 valence electrons. The molecular weight excluding hydrogens is 286 g/mol. The first kappa shape index (κ1) is 12.6. The van der Waals surface area contributed by atoms with Crippen LogP contribution in [0.3, 0.4) is 0 Å². The summed E-state index contributed by atoms with van der Waals surface area (Å²) in [7, 11) is 1.39. The molecule has 0 spiro atoms. The van der Waals surface area contributed by atoms with Gasteiger partial charge < -0.3 is 4.74 Å². The van der Waals surface area contributed by atoms with Crippen LogP contribution in [0.25, 0.3) is 0 Å². The Morgan fingerprint density at radius 3 is 2.73 bits per heavy atom. The van der Waals surface area contributed by atoms with E-state index in [2.05, 4.69) is 15.9 Å². The summed E-state index contributed by atoms with van der Waals surface area (Å²) < 4.78 is 18.8. The van der Waals surface area contributed by atoms with Gasteiger partial charge in [-0.1, -0.05) is 11.6 Å². The molecule has 1 rings (SSSR count). The van der Waals surface area contributed by atoms with Crippen LogP contribution in [0.1, 0.15) is 17.3 Å². The van der Waals surface area contributed by atoms with Crippen LogP contribution in [0, 0.1) is 5.82 Å². The molecule has 5 heteroatoms. The maximum absolute atomic E-state index is 13.6. The van der Waals surface area contributed by atoms with Crippen LogP contribution < -0.4 is 0 Å². The van der Waals surface area contributed by atoms with Crippen molar-refractivity contribution in [2.75, 3.05) is 7.11 Å². The van der Waals surface area contributed by atoms with Crippen molar-refractivity contribution >= 4 is 33.3 Å². The Morgan fingerprint density at radius 2 is 2.20 bits per heavy atom. The lowest BCUT2D eigenvalue weighted by Crippen LogP contribution is -2.20. The van der Waals surface area contributed by atoms with E-state index in [4.69, 9.17) is 16.3 Å². The number of ketones is 1. The highest BCUT2D eigenvalue weighted by atomic mass is 79.9. The van der Waals surface area contributed by atoms with E-state index in [0.717, 1.165) is 0 Å². The fourth-order valence-electron chi connectivity index (χ4n) is 1.04. The summed E-state index contributed by atoms with van der Waals surface area (Å²) >= 11 is 8.73. The van der Waals surface area contributed by atoms with E-state index in [9.17, 15) is 9.18 Å². The maximum atomic E-state index is 13.6. The molecule has 1 aromatic carbocycles. The number of hydrogen-bond acceptors (Lipinski definition) is 2. The highest BCUT2D eigenvalue weighted by Crippen LogP contribution is 2.28. The second-order valence-corrected chi connectivity index (χ2v) is 4.20. The molecule has 1 atom stereocenters. The number of benzene rings is 1. The molecule has 0 aliphatic carbocycles. The van der Waals surface area contributed by atoms with Crippen molar-refractivity contribution in [1.29, 1.82) is 0 Å². The van der Waals surface area contributed by atoms with E-state index in [-0.39, 0.29) is 10.6 Å². The van der Waals surface area contributed by atoms with Crippen LogP contribution in [0.15, 0.2) is 16.6 Å². The normalized spacial score (nSPS) is 12.6. The number of carbonyl (C=O) groups excluding carboxylic acids is 1. The third-order valence-electron chi connectivity index (χ3n) is 2.02. The zero-order valence-corrected chi connectivity index (χ0v) is 10.5. The fraction of sp³-hybridized carbons (Fsp3) is 0.300. The minimum atomic E-state index is -0.722. The molecule has 0 aromatic heterocycles. The van der Waals surface area contributed by atoms with Crippen molar-refractivity contribution in [2.24, 2.45) is 0 Å². The Bertz CT molecular complexity index is 395. The number of carbonyl (C=O) groups is 1. The van der Waals surface area contributed by atoms with E-state index in [1.54, 1.807) is 6.92 Å². The largest absolute Gasteiger partial charge is 0.374 e. The van der Waals surface area contributed by atoms with Gasteiger partial charge in [0.15, 0.2) is 11.6 Å². The number of hydrogen-bond donors (Lipinski definition) is 0. The topological polar surface area (TPSA) is 26.3 Å². The Kier molecular flexibility index (Phi) is 4.25. The lowest BCUT2D eigenvalue weighted by atomic mass is 10.1. The van der Waals surface area contributed by atoms with E-state index in [0.29, 0.717) is 4.47 Å². The first-order chi connectivity index (χ1) is 6.99. The molecule has 0 amide bonds. The molecule has 0 heterocycles. The summed E-state index contributed by atoms with van der Waals surface area (Å²) in [6.45, 7) is 1.55. The minimum absolute atomic E-state index is 0.0578. The molecule has 2 nitrogen and oxygen atoms in total. The van der Waals surface area contributed by atoms with E-state index < -0.39 is 17.7 Å². The highest BCUT2D eigenvalue weighted by Gasteiger charge is 2.20. The smallest absolute Gasteiger partial charge is 0.194 e. The van der Waals surface area contributed by atoms with E-state index in [1.165, 1.54) is 19.2 Å². The lowest BCUT2D eigenvalue weighted by molar-refractivity contribution is 0.0651. The van der Waals surface area contributed by atoms with Crippen molar-refractivity contribution in [2.45, 2.75) is 13.0 Å². The van der Waals surface area contributed by atoms with Crippen molar-refractivity contribution in [3.05, 3.63) is 33.0 Å². The van der Waals surface area contributed by atoms with Gasteiger partial charge in [0.05, 0.1) is 10.6 Å². The molecule has 0 saturated carbocycles. The van der Waals surface area contributed by atoms with Crippen molar-refractivity contribution in [1.82, 2.24) is 0 Å². The monoisotopic (exact) mass is 294 g/mol. The minimum Gasteiger partial charge on any atom is -0.374 e. The molecule has 0 N–H and O–H groups in total. The second kappa shape index (κ2) is 5.05. The van der Waals surface area contributed by atoms with Gasteiger partial charge in [0.2, 0.25) is 0 Å². The average Bonchev–Trinajstić information content (AvgIpc) is 2.24. The maximum Gasteiger partial charge on any atom is 0.194 e. The van der Waals surface area contributed by atoms with Crippen LogP contribution in [0.5, 0.6) is 0 Å². The molecule has 0 bridgehead atoms. The Balaban J connectivity index is 3.16. The lowest BCUT2D eigenvalue weighted by Gasteiger charge is -2.10. The standard InChI is InChI=1S/C10H9BrClFO2/c1-5(15-2)10(14)6-3-4-7(11)8(12)9(6)13/h3-5H,1-2H3. The predicted octanol–water partition coefficient (Wildman–Crippen LogP) is 3.46. The zero-order chi connectivity index (χ0) is 11.6. The van der Waals surface area contributed by atoms with Crippen LogP contribution >= 0.6 is 27.5 Å². The van der Waals surface area contributed by atoms with Crippen LogP contribution in [-0.4, -0.2) is 19.0 Å². The van der Waals surface area contributed by atoms with Gasteiger partial charge in [-0.3, -0.25) is 4.79 Å². The number of ether oxygens (including phenoxy) is 1. The van der Waals surface area contributed by atoms with Gasteiger partial charge in [-0.2, -0.15) is 0 Å². The average molecular weight is 296 g/mol. The van der Waals surface area contributed by atoms with Crippen molar-refractivity contribution < 1.29 is 13.9 Å². The summed E-state index contributed by atoms with van der Waals surface area (Å²) in [5.74, 6) is -1.15. The molecule has 15 heavy (non-hydrogen) atoms. The van der Waals surface area contributed by atoms with Gasteiger partial charge in [0.1, 0.15) is 6.10 Å². The zero-order valence-electron chi connectivity index (χ0n) is 8.18. The van der Waals surface area contributed by atoms with E-state index in [1.807, 2.05) is 0 Å². The molecule has 0 fully saturated rings. The molecule has 0 aliphatic rings. The second-order valence-electron chi connectivity index (χ2n) is 2.97. The van der Waals surface area contributed by atoms with Gasteiger partial charge in [-0.25, -0.2) is 4.39 Å². The SMILES string of the molecule is COC(C)C(=O)c1ccc(Br)c(Cl)c1F. The van der Waals surface area contributed by atoms with Gasteiger partial charge in [0, 0.05) is 11.6 Å². The third kappa shape index (κ3) is 2.56. The Morgan fingerprint density at radius 1 is 1.60 bits per heavy atom. The van der Waals surface area contributed by atoms with E-state index >= 15 is 0 Å². The number of Topliss-reactive ketones (excluding diaryl/α,β-unsaturated/α-hetero) is 1. The number of rotatable bonds is 3. The molecule has 0 aliphatic heterocycles. The molecule has 1 aromatic rings. The summed E-state index contributed by atoms with van der Waals surface area (Å²) in [4.78, 5) is 11.6. The summed E-state index contributed by atoms with van der Waals surface area (Å²) in [5, 5.41) is -0.0934. The van der Waals surface area contributed by atoms with Crippen LogP contribution in [0.2, 0.25) is 5.02 Å². The van der Waals surface area contributed by atoms with Crippen molar-refractivity contribution in [3.63, 3.8) is 0 Å². The number of halogens is 3. The first-order valence-corrected chi connectivity index (χ1v) is 5.36. The summed E-state index contributed by atoms with van der Waals surface area (Å²) in [6, 6.07) is 2.91. The number of methoxy groups -OCH3 is 1. The highest BCUT2D eigenvalue weighted by molar-refractivity contribution is 9.10. The Hall–Kier alpha value is -0.450. The molecule has 0 saturated heterocycles. The first-order valence-electron chi connectivity index (χ1n) is 4.19. The fourth-order valence-corrected chi connectivity index (χ4v) is 1.51. The molecule has 0 radical (unpaired) electrons. The van der Waals surface area contributed by atoms with Gasteiger partial charge in [0.25, 0.3) is 0 Å². The quantitative estimate of drug-likeness (QED) is 0.630. The molecule has 1 unspecified atom stereocenters. The van der Waals surface area contributed by atoms with Gasteiger partial charge >= 0.3 is 0 Å². The predicted molar refractivity (Wildman–Crippen MR) is 59.9 cm³/mol. The van der Waals surface area contributed by atoms with Crippen molar-refractivity contribution in [3.8, 4) is 0 Å². The van der Waals surface area contributed by atoms with Crippen LogP contribution in [-0.2, 0) is 4.74 Å². The summed E-state index contributed by atoms with van der Waals surface area (Å²) in [6.07, 6.45) is -0.684. The Labute approximate surface area is 101 Å². The van der Waals surface area contributed by atoms with Crippen LogP contribution in [0.4, 0.5) is 4.39 Å². The van der Waals surface area contributed by atoms with Gasteiger partial charge in [-0.15, -0.1) is 0 Å².